The van der Waals surface area contributed by atoms with Gasteiger partial charge in [-0.3, -0.25) is 4.79 Å². The number of halogens is 2. The van der Waals surface area contributed by atoms with Gasteiger partial charge in [0.05, 0.1) is 10.6 Å². The molecule has 0 bridgehead atoms. The first-order valence-corrected chi connectivity index (χ1v) is 9.09. The van der Waals surface area contributed by atoms with Crippen molar-refractivity contribution in [1.29, 1.82) is 0 Å². The van der Waals surface area contributed by atoms with E-state index in [9.17, 15) is 9.90 Å². The number of aromatic hydroxyl groups is 1. The molecule has 4 N–H and O–H groups in total. The number of amides is 1. The topological polar surface area (TPSA) is 106 Å². The Bertz CT molecular complexity index is 1120. The fourth-order valence-corrected chi connectivity index (χ4v) is 3.71. The molecule has 142 valence electrons. The van der Waals surface area contributed by atoms with Gasteiger partial charge in [-0.25, -0.2) is 4.68 Å². The number of carbonyl (C=O) groups excluding carboxylic acids is 1. The molecule has 0 fully saturated rings. The fourth-order valence-electron chi connectivity index (χ4n) is 3.22. The van der Waals surface area contributed by atoms with Crippen molar-refractivity contribution in [2.75, 3.05) is 5.32 Å². The van der Waals surface area contributed by atoms with Gasteiger partial charge in [0.15, 0.2) is 5.82 Å². The first-order chi connectivity index (χ1) is 13.3. The molecule has 7 nitrogen and oxygen atoms in total. The molecule has 28 heavy (non-hydrogen) atoms. The number of nitrogens with two attached hydrogens (primary N) is 1. The summed E-state index contributed by atoms with van der Waals surface area (Å²) in [5.41, 5.74) is 7.93. The van der Waals surface area contributed by atoms with Gasteiger partial charge in [0.2, 0.25) is 11.9 Å². The van der Waals surface area contributed by atoms with Crippen LogP contribution < -0.4 is 11.1 Å². The van der Waals surface area contributed by atoms with Gasteiger partial charge in [0, 0.05) is 16.3 Å². The number of anilines is 1. The average molecular weight is 416 g/mol. The van der Waals surface area contributed by atoms with Crippen LogP contribution in [-0.2, 0) is 4.79 Å². The molecule has 0 saturated heterocycles. The third-order valence-corrected chi connectivity index (χ3v) is 5.05. The Kier molecular flexibility index (Phi) is 4.49. The van der Waals surface area contributed by atoms with Crippen LogP contribution in [0.15, 0.2) is 53.7 Å². The van der Waals surface area contributed by atoms with E-state index in [1.54, 1.807) is 54.1 Å². The van der Waals surface area contributed by atoms with E-state index in [4.69, 9.17) is 28.9 Å². The van der Waals surface area contributed by atoms with E-state index in [1.807, 2.05) is 0 Å². The normalized spacial score (nSPS) is 15.9. The summed E-state index contributed by atoms with van der Waals surface area (Å²) >= 11 is 12.3. The van der Waals surface area contributed by atoms with Crippen molar-refractivity contribution < 1.29 is 9.90 Å². The number of nitrogens with one attached hydrogen (secondary N) is 1. The minimum Gasteiger partial charge on any atom is -0.508 e. The van der Waals surface area contributed by atoms with Crippen molar-refractivity contribution >= 4 is 35.1 Å². The number of allylic oxidation sites excluding steroid dienone is 1. The van der Waals surface area contributed by atoms with Crippen LogP contribution in [0, 0.1) is 0 Å². The minimum atomic E-state index is -0.596. The molecular weight excluding hydrogens is 401 g/mol. The molecule has 1 aliphatic heterocycles. The van der Waals surface area contributed by atoms with Crippen LogP contribution >= 0.6 is 23.2 Å². The van der Waals surface area contributed by atoms with Crippen molar-refractivity contribution in [3.05, 3.63) is 69.3 Å². The Morgan fingerprint density at radius 3 is 2.57 bits per heavy atom. The predicted octanol–water partition coefficient (Wildman–Crippen LogP) is 3.73. The van der Waals surface area contributed by atoms with Gasteiger partial charge in [-0.05, 0) is 42.8 Å². The molecule has 1 amide bonds. The number of hydrogen-bond donors (Lipinski definition) is 3. The van der Waals surface area contributed by atoms with Crippen LogP contribution in [0.4, 0.5) is 5.95 Å². The van der Waals surface area contributed by atoms with Crippen LogP contribution in [0.5, 0.6) is 5.75 Å². The Morgan fingerprint density at radius 1 is 1.21 bits per heavy atom. The van der Waals surface area contributed by atoms with Crippen LogP contribution in [-0.4, -0.2) is 25.8 Å². The summed E-state index contributed by atoms with van der Waals surface area (Å²) in [5, 5.41) is 18.2. The zero-order chi connectivity index (χ0) is 20.0. The number of benzene rings is 2. The van der Waals surface area contributed by atoms with E-state index < -0.39 is 11.9 Å². The van der Waals surface area contributed by atoms with E-state index in [0.717, 1.165) is 5.56 Å². The second kappa shape index (κ2) is 6.85. The zero-order valence-corrected chi connectivity index (χ0v) is 16.2. The van der Waals surface area contributed by atoms with E-state index in [2.05, 4.69) is 15.4 Å². The molecule has 1 atom stereocenters. The number of phenols is 1. The lowest BCUT2D eigenvalue weighted by atomic mass is 9.95. The minimum absolute atomic E-state index is 0.117. The lowest BCUT2D eigenvalue weighted by molar-refractivity contribution is -0.115. The Labute approximate surface area is 170 Å². The van der Waals surface area contributed by atoms with E-state index >= 15 is 0 Å². The summed E-state index contributed by atoms with van der Waals surface area (Å²) in [7, 11) is 0. The molecule has 0 saturated carbocycles. The number of aromatic nitrogens is 3. The maximum Gasteiger partial charge on any atom is 0.248 e. The fraction of sp³-hybridized carbons (Fsp3) is 0.105. The molecule has 4 rings (SSSR count). The smallest absolute Gasteiger partial charge is 0.248 e. The number of primary amides is 1. The highest BCUT2D eigenvalue weighted by Gasteiger charge is 2.33. The van der Waals surface area contributed by atoms with Gasteiger partial charge in [-0.2, -0.15) is 4.98 Å². The lowest BCUT2D eigenvalue weighted by Crippen LogP contribution is -2.31. The first-order valence-electron chi connectivity index (χ1n) is 8.33. The van der Waals surface area contributed by atoms with Crippen LogP contribution in [0.25, 0.3) is 11.4 Å². The number of nitrogens with zero attached hydrogens (tertiary/aromatic N) is 3. The van der Waals surface area contributed by atoms with Gasteiger partial charge >= 0.3 is 0 Å². The van der Waals surface area contributed by atoms with Gasteiger partial charge in [-0.1, -0.05) is 35.3 Å². The van der Waals surface area contributed by atoms with Gasteiger partial charge in [0.1, 0.15) is 11.8 Å². The summed E-state index contributed by atoms with van der Waals surface area (Å²) in [6, 6.07) is 11.0. The number of phenolic OH excluding ortho intramolecular Hbond substituents is 1. The predicted molar refractivity (Wildman–Crippen MR) is 107 cm³/mol. The van der Waals surface area contributed by atoms with E-state index in [0.29, 0.717) is 38.7 Å². The van der Waals surface area contributed by atoms with Crippen molar-refractivity contribution in [2.24, 2.45) is 5.73 Å². The quantitative estimate of drug-likeness (QED) is 0.603. The summed E-state index contributed by atoms with van der Waals surface area (Å²) in [5.74, 6) is 0.370. The molecule has 2 heterocycles. The molecule has 1 aromatic heterocycles. The monoisotopic (exact) mass is 415 g/mol. The maximum atomic E-state index is 12.2. The molecule has 0 aliphatic carbocycles. The standard InChI is InChI=1S/C19H15Cl2N5O2/c1-9-15(17(22)28)16(10-2-5-12(27)6-3-10)26-19(23-9)24-18(25-26)13-7-4-11(20)8-14(13)21/h2-8,16,27H,1H3,(H2,22,28)(H,23,24,25). The van der Waals surface area contributed by atoms with Crippen LogP contribution in [0.1, 0.15) is 18.5 Å². The first kappa shape index (κ1) is 18.3. The molecule has 1 unspecified atom stereocenters. The van der Waals surface area contributed by atoms with Crippen LogP contribution in [0.2, 0.25) is 10.0 Å². The molecular formula is C19H15Cl2N5O2. The lowest BCUT2D eigenvalue weighted by Gasteiger charge is -2.27. The Morgan fingerprint density at radius 2 is 1.93 bits per heavy atom. The van der Waals surface area contributed by atoms with Crippen molar-refractivity contribution in [2.45, 2.75) is 13.0 Å². The van der Waals surface area contributed by atoms with E-state index in [1.165, 1.54) is 0 Å². The zero-order valence-electron chi connectivity index (χ0n) is 14.6. The highest BCUT2D eigenvalue weighted by atomic mass is 35.5. The maximum absolute atomic E-state index is 12.2. The summed E-state index contributed by atoms with van der Waals surface area (Å²) in [6.45, 7) is 1.75. The van der Waals surface area contributed by atoms with Crippen molar-refractivity contribution in [3.63, 3.8) is 0 Å². The molecule has 2 aromatic carbocycles. The summed E-state index contributed by atoms with van der Waals surface area (Å²) < 4.78 is 1.58. The Hall–Kier alpha value is -3.03. The van der Waals surface area contributed by atoms with Gasteiger partial charge in [0.25, 0.3) is 0 Å². The largest absolute Gasteiger partial charge is 0.508 e. The Balaban J connectivity index is 1.89. The molecule has 0 radical (unpaired) electrons. The SMILES string of the molecule is CC1=C(C(N)=O)C(c2ccc(O)cc2)n2nc(-c3ccc(Cl)cc3Cl)nc2N1. The van der Waals surface area contributed by atoms with Gasteiger partial charge in [-0.15, -0.1) is 5.10 Å². The number of carbonyl (C=O) groups is 1. The summed E-state index contributed by atoms with van der Waals surface area (Å²) in [6.07, 6.45) is 0. The molecule has 9 heteroatoms. The molecule has 3 aromatic rings. The highest BCUT2D eigenvalue weighted by Crippen LogP contribution is 2.37. The van der Waals surface area contributed by atoms with Gasteiger partial charge < -0.3 is 16.2 Å². The molecule has 1 aliphatic rings. The molecule has 0 spiro atoms. The second-order valence-electron chi connectivity index (χ2n) is 6.35. The van der Waals surface area contributed by atoms with Crippen LogP contribution in [0.3, 0.4) is 0 Å². The second-order valence-corrected chi connectivity index (χ2v) is 7.19. The third-order valence-electron chi connectivity index (χ3n) is 4.50. The van der Waals surface area contributed by atoms with E-state index in [-0.39, 0.29) is 5.75 Å². The van der Waals surface area contributed by atoms with Crippen molar-refractivity contribution in [3.8, 4) is 17.1 Å². The average Bonchev–Trinajstić information content (AvgIpc) is 3.04. The third kappa shape index (κ3) is 3.08. The highest BCUT2D eigenvalue weighted by molar-refractivity contribution is 6.36. The number of fused-ring (bicyclic) bond motifs is 1. The number of hydrogen-bond acceptors (Lipinski definition) is 5. The summed E-state index contributed by atoms with van der Waals surface area (Å²) in [4.78, 5) is 16.7. The number of rotatable bonds is 3. The van der Waals surface area contributed by atoms with Crippen molar-refractivity contribution in [1.82, 2.24) is 14.8 Å².